The van der Waals surface area contributed by atoms with E-state index >= 15 is 0 Å². The van der Waals surface area contributed by atoms with Crippen molar-refractivity contribution in [1.29, 1.82) is 0 Å². The van der Waals surface area contributed by atoms with Crippen molar-refractivity contribution in [3.63, 3.8) is 0 Å². The molecule has 1 aromatic carbocycles. The Morgan fingerprint density at radius 1 is 1.18 bits per heavy atom. The van der Waals surface area contributed by atoms with Crippen molar-refractivity contribution in [1.82, 2.24) is 9.55 Å². The van der Waals surface area contributed by atoms with Gasteiger partial charge in [-0.1, -0.05) is 23.7 Å². The first kappa shape index (κ1) is 23.8. The highest BCUT2D eigenvalue weighted by Crippen LogP contribution is 2.43. The minimum Gasteiger partial charge on any atom is -0.467 e. The van der Waals surface area contributed by atoms with Crippen molar-refractivity contribution in [3.8, 4) is 11.1 Å². The second kappa shape index (κ2) is 8.77. The van der Waals surface area contributed by atoms with Crippen molar-refractivity contribution >= 4 is 28.6 Å². The van der Waals surface area contributed by atoms with E-state index in [4.69, 9.17) is 26.1 Å². The monoisotopic (exact) mass is 468 g/mol. The molecule has 1 atom stereocenters. The summed E-state index contributed by atoms with van der Waals surface area (Å²) >= 11 is 6.22. The molecular formula is C27H33ClN2O3. The number of carbonyl (C=O) groups excluding carboxylic acids is 1. The van der Waals surface area contributed by atoms with E-state index in [1.807, 2.05) is 52.0 Å². The molecule has 0 saturated heterocycles. The maximum Gasteiger partial charge on any atom is 0.339 e. The molecule has 4 rings (SSSR count). The largest absolute Gasteiger partial charge is 0.467 e. The third-order valence-electron chi connectivity index (χ3n) is 6.40. The fraction of sp³-hybridized carbons (Fsp3) is 0.481. The number of aryl methyl sites for hydroxylation is 2. The number of carbonyl (C=O) groups is 1. The molecule has 1 saturated carbocycles. The first-order valence-electron chi connectivity index (χ1n) is 11.5. The Hall–Kier alpha value is -2.37. The zero-order chi connectivity index (χ0) is 24.1. The lowest BCUT2D eigenvalue weighted by atomic mass is 9.91. The third kappa shape index (κ3) is 4.67. The van der Waals surface area contributed by atoms with Gasteiger partial charge in [-0.15, -0.1) is 0 Å². The van der Waals surface area contributed by atoms with E-state index in [2.05, 4.69) is 18.4 Å². The Kier molecular flexibility index (Phi) is 6.32. The van der Waals surface area contributed by atoms with Crippen LogP contribution in [0.3, 0.4) is 0 Å². The molecular weight excluding hydrogens is 436 g/mol. The first-order valence-corrected chi connectivity index (χ1v) is 11.9. The number of esters is 1. The van der Waals surface area contributed by atoms with Crippen LogP contribution in [0.15, 0.2) is 24.3 Å². The molecule has 1 unspecified atom stereocenters. The summed E-state index contributed by atoms with van der Waals surface area (Å²) in [5.41, 5.74) is 6.24. The van der Waals surface area contributed by atoms with Crippen LogP contribution in [0.4, 0.5) is 0 Å². The smallest absolute Gasteiger partial charge is 0.339 e. The molecule has 33 heavy (non-hydrogen) atoms. The summed E-state index contributed by atoms with van der Waals surface area (Å²) < 4.78 is 13.8. The Labute approximate surface area is 201 Å². The molecule has 5 nitrogen and oxygen atoms in total. The maximum absolute atomic E-state index is 13.0. The summed E-state index contributed by atoms with van der Waals surface area (Å²) in [6.45, 7) is 13.0. The van der Waals surface area contributed by atoms with Crippen LogP contribution >= 0.6 is 11.6 Å². The Morgan fingerprint density at radius 3 is 2.36 bits per heavy atom. The van der Waals surface area contributed by atoms with Gasteiger partial charge < -0.3 is 14.0 Å². The van der Waals surface area contributed by atoms with Crippen molar-refractivity contribution < 1.29 is 14.3 Å². The Balaban J connectivity index is 2.08. The molecule has 1 aliphatic carbocycles. The molecule has 0 N–H and O–H groups in total. The number of hydrogen-bond acceptors (Lipinski definition) is 4. The van der Waals surface area contributed by atoms with E-state index in [0.29, 0.717) is 10.9 Å². The number of pyridine rings is 1. The number of benzene rings is 1. The molecule has 6 heteroatoms. The van der Waals surface area contributed by atoms with E-state index in [1.165, 1.54) is 31.2 Å². The van der Waals surface area contributed by atoms with Gasteiger partial charge >= 0.3 is 5.97 Å². The van der Waals surface area contributed by atoms with Crippen LogP contribution in [0, 0.1) is 26.7 Å². The highest BCUT2D eigenvalue weighted by atomic mass is 35.5. The Bertz CT molecular complexity index is 1200. The van der Waals surface area contributed by atoms with Crippen LogP contribution in [0.1, 0.15) is 62.2 Å². The lowest BCUT2D eigenvalue weighted by Gasteiger charge is -2.29. The number of nitrogens with zero attached hydrogens (tertiary/aromatic N) is 2. The van der Waals surface area contributed by atoms with Crippen LogP contribution in [0.2, 0.25) is 5.02 Å². The van der Waals surface area contributed by atoms with Gasteiger partial charge in [-0.05, 0) is 83.6 Å². The van der Waals surface area contributed by atoms with Gasteiger partial charge in [0, 0.05) is 39.5 Å². The molecule has 2 aromatic heterocycles. The average molecular weight is 469 g/mol. The lowest BCUT2D eigenvalue weighted by Crippen LogP contribution is -2.29. The average Bonchev–Trinajstić information content (AvgIpc) is 3.54. The molecule has 176 valence electrons. The predicted molar refractivity (Wildman–Crippen MR) is 133 cm³/mol. The van der Waals surface area contributed by atoms with Crippen molar-refractivity contribution in [2.45, 2.75) is 72.6 Å². The summed E-state index contributed by atoms with van der Waals surface area (Å²) in [6, 6.07) is 7.75. The van der Waals surface area contributed by atoms with E-state index in [9.17, 15) is 4.79 Å². The second-order valence-electron chi connectivity index (χ2n) is 10.1. The van der Waals surface area contributed by atoms with Crippen molar-refractivity contribution in [2.24, 2.45) is 5.92 Å². The van der Waals surface area contributed by atoms with Gasteiger partial charge in [0.25, 0.3) is 0 Å². The van der Waals surface area contributed by atoms with Crippen LogP contribution in [0.5, 0.6) is 0 Å². The van der Waals surface area contributed by atoms with Gasteiger partial charge in [-0.2, -0.15) is 0 Å². The first-order chi connectivity index (χ1) is 15.5. The number of rotatable bonds is 6. The molecule has 1 fully saturated rings. The van der Waals surface area contributed by atoms with Crippen molar-refractivity contribution in [2.75, 3.05) is 7.11 Å². The zero-order valence-electron chi connectivity index (χ0n) is 20.6. The Morgan fingerprint density at radius 2 is 1.82 bits per heavy atom. The normalized spacial score (nSPS) is 15.2. The van der Waals surface area contributed by atoms with Crippen molar-refractivity contribution in [3.05, 3.63) is 51.8 Å². The molecule has 0 amide bonds. The standard InChI is InChI=1S/C27H33ClN2O3/c1-15-17(3)30(14-18-8-9-18)25-21(15)23(19-10-12-20(28)13-11-19)22(16(2)29-25)24(26(31)32-7)33-27(4,5)6/h10-13,18,24H,8-9,14H2,1-7H3. The summed E-state index contributed by atoms with van der Waals surface area (Å²) in [5.74, 6) is 0.280. The summed E-state index contributed by atoms with van der Waals surface area (Å²) in [5, 5.41) is 1.72. The summed E-state index contributed by atoms with van der Waals surface area (Å²) in [4.78, 5) is 18.1. The molecule has 0 radical (unpaired) electrons. The van der Waals surface area contributed by atoms with Gasteiger partial charge in [0.05, 0.1) is 12.7 Å². The van der Waals surface area contributed by atoms with Gasteiger partial charge in [-0.25, -0.2) is 9.78 Å². The van der Waals surface area contributed by atoms with Gasteiger partial charge in [0.2, 0.25) is 0 Å². The predicted octanol–water partition coefficient (Wildman–Crippen LogP) is 6.72. The van der Waals surface area contributed by atoms with E-state index in [-0.39, 0.29) is 0 Å². The van der Waals surface area contributed by atoms with Crippen LogP contribution in [0.25, 0.3) is 22.2 Å². The molecule has 0 bridgehead atoms. The minimum absolute atomic E-state index is 0.434. The van der Waals surface area contributed by atoms with Gasteiger partial charge in [0.15, 0.2) is 6.10 Å². The number of methoxy groups -OCH3 is 1. The number of halogens is 1. The van der Waals surface area contributed by atoms with E-state index in [1.54, 1.807) is 0 Å². The number of fused-ring (bicyclic) bond motifs is 1. The molecule has 0 aliphatic heterocycles. The fourth-order valence-electron chi connectivity index (χ4n) is 4.50. The van der Waals surface area contributed by atoms with Gasteiger partial charge in [-0.3, -0.25) is 0 Å². The highest BCUT2D eigenvalue weighted by Gasteiger charge is 2.35. The highest BCUT2D eigenvalue weighted by molar-refractivity contribution is 6.30. The molecule has 0 spiro atoms. The second-order valence-corrected chi connectivity index (χ2v) is 10.5. The van der Waals surface area contributed by atoms with Gasteiger partial charge in [0.1, 0.15) is 5.65 Å². The van der Waals surface area contributed by atoms with E-state index in [0.717, 1.165) is 40.0 Å². The van der Waals surface area contributed by atoms with E-state index < -0.39 is 17.7 Å². The third-order valence-corrected chi connectivity index (χ3v) is 6.66. The summed E-state index contributed by atoms with van der Waals surface area (Å²) in [7, 11) is 1.39. The zero-order valence-corrected chi connectivity index (χ0v) is 21.3. The number of aromatic nitrogens is 2. The fourth-order valence-corrected chi connectivity index (χ4v) is 4.63. The quantitative estimate of drug-likeness (QED) is 0.377. The summed E-state index contributed by atoms with van der Waals surface area (Å²) in [6.07, 6.45) is 1.63. The maximum atomic E-state index is 13.0. The van der Waals surface area contributed by atoms with Crippen LogP contribution < -0.4 is 0 Å². The van der Waals surface area contributed by atoms with Crippen LogP contribution in [-0.2, 0) is 20.8 Å². The minimum atomic E-state index is -0.899. The lowest BCUT2D eigenvalue weighted by molar-refractivity contribution is -0.164. The SMILES string of the molecule is COC(=O)C(OC(C)(C)C)c1c(C)nc2c(c(C)c(C)n2CC2CC2)c1-c1ccc(Cl)cc1. The number of hydrogen-bond donors (Lipinski definition) is 0. The topological polar surface area (TPSA) is 53.4 Å². The molecule has 2 heterocycles. The van der Waals surface area contributed by atoms with Crippen LogP contribution in [-0.4, -0.2) is 28.2 Å². The molecule has 3 aromatic rings. The molecule has 1 aliphatic rings. The number of ether oxygens (including phenoxy) is 2.